The quantitative estimate of drug-likeness (QED) is 0.760. The fraction of sp³-hybridized carbons (Fsp3) is 0.250. The second-order valence-corrected chi connectivity index (χ2v) is 5.20. The van der Waals surface area contributed by atoms with E-state index in [1.165, 1.54) is 0 Å². The van der Waals surface area contributed by atoms with E-state index < -0.39 is 12.0 Å². The molecule has 1 aliphatic rings. The average Bonchev–Trinajstić information content (AvgIpc) is 2.97. The third-order valence-electron chi connectivity index (χ3n) is 2.99. The summed E-state index contributed by atoms with van der Waals surface area (Å²) in [6.45, 7) is 0. The van der Waals surface area contributed by atoms with Gasteiger partial charge in [0.15, 0.2) is 0 Å². The fourth-order valence-electron chi connectivity index (χ4n) is 2.13. The van der Waals surface area contributed by atoms with Crippen molar-refractivity contribution >= 4 is 28.6 Å². The van der Waals surface area contributed by atoms with Crippen LogP contribution >= 0.6 is 11.8 Å². The first kappa shape index (κ1) is 10.7. The number of carboxylic acids is 1. The predicted molar refractivity (Wildman–Crippen MR) is 68.1 cm³/mol. The number of carboxylic acid groups (broad SMARTS) is 1. The van der Waals surface area contributed by atoms with Crippen molar-refractivity contribution in [2.45, 2.75) is 11.4 Å². The summed E-state index contributed by atoms with van der Waals surface area (Å²) in [5.41, 5.74) is 2.24. The maximum absolute atomic E-state index is 10.9. The van der Waals surface area contributed by atoms with Crippen molar-refractivity contribution in [3.05, 3.63) is 36.0 Å². The molecule has 3 rings (SSSR count). The number of fused-ring (bicyclic) bond motifs is 1. The van der Waals surface area contributed by atoms with Gasteiger partial charge in [-0.2, -0.15) is 0 Å². The molecule has 0 aliphatic carbocycles. The van der Waals surface area contributed by atoms with Crippen LogP contribution in [0, 0.1) is 0 Å². The summed E-state index contributed by atoms with van der Waals surface area (Å²) in [6.07, 6.45) is 1.91. The molecule has 88 valence electrons. The summed E-state index contributed by atoms with van der Waals surface area (Å²) < 4.78 is 0. The lowest BCUT2D eigenvalue weighted by molar-refractivity contribution is -0.138. The Balaban J connectivity index is 1.95. The van der Waals surface area contributed by atoms with Crippen LogP contribution < -0.4 is 5.32 Å². The van der Waals surface area contributed by atoms with Crippen molar-refractivity contribution in [2.24, 2.45) is 0 Å². The van der Waals surface area contributed by atoms with E-state index in [1.807, 2.05) is 30.5 Å². The molecule has 2 aromatic rings. The van der Waals surface area contributed by atoms with Gasteiger partial charge in [0.1, 0.15) is 6.04 Å². The second kappa shape index (κ2) is 4.09. The minimum Gasteiger partial charge on any atom is -0.480 e. The van der Waals surface area contributed by atoms with Crippen LogP contribution in [-0.2, 0) is 4.79 Å². The molecule has 0 saturated carbocycles. The van der Waals surface area contributed by atoms with Crippen molar-refractivity contribution in [3.8, 4) is 0 Å². The van der Waals surface area contributed by atoms with Gasteiger partial charge >= 0.3 is 5.97 Å². The first-order valence-electron chi connectivity index (χ1n) is 5.42. The Bertz CT molecular complexity index is 566. The van der Waals surface area contributed by atoms with Gasteiger partial charge in [0.2, 0.25) is 0 Å². The summed E-state index contributed by atoms with van der Waals surface area (Å²) in [5.74, 6) is -0.165. The Labute approximate surface area is 102 Å². The van der Waals surface area contributed by atoms with Gasteiger partial charge in [-0.05, 0) is 17.7 Å². The molecule has 0 unspecified atom stereocenters. The van der Waals surface area contributed by atoms with E-state index in [1.54, 1.807) is 11.8 Å². The third-order valence-corrected chi connectivity index (χ3v) is 4.24. The van der Waals surface area contributed by atoms with Gasteiger partial charge in [0, 0.05) is 22.9 Å². The highest BCUT2D eigenvalue weighted by molar-refractivity contribution is 7.99. The molecule has 0 bridgehead atoms. The molecule has 3 N–H and O–H groups in total. The highest BCUT2D eigenvalue weighted by Gasteiger charge is 2.30. The van der Waals surface area contributed by atoms with E-state index in [9.17, 15) is 4.79 Å². The molecular weight excluding hydrogens is 236 g/mol. The number of rotatable bonds is 2. The molecule has 1 saturated heterocycles. The van der Waals surface area contributed by atoms with Crippen molar-refractivity contribution in [2.75, 3.05) is 5.75 Å². The lowest BCUT2D eigenvalue weighted by Crippen LogP contribution is -2.33. The monoisotopic (exact) mass is 248 g/mol. The zero-order valence-electron chi connectivity index (χ0n) is 9.01. The van der Waals surface area contributed by atoms with Gasteiger partial charge in [-0.25, -0.2) is 0 Å². The zero-order chi connectivity index (χ0) is 11.8. The Morgan fingerprint density at radius 2 is 2.29 bits per heavy atom. The van der Waals surface area contributed by atoms with Crippen LogP contribution in [0.2, 0.25) is 0 Å². The summed E-state index contributed by atoms with van der Waals surface area (Å²) in [6, 6.07) is 7.64. The Morgan fingerprint density at radius 1 is 1.41 bits per heavy atom. The lowest BCUT2D eigenvalue weighted by Gasteiger charge is -2.12. The van der Waals surface area contributed by atoms with Crippen LogP contribution in [0.1, 0.15) is 10.9 Å². The maximum atomic E-state index is 10.9. The smallest absolute Gasteiger partial charge is 0.321 e. The number of H-pyrrole nitrogens is 1. The molecule has 1 aromatic carbocycles. The maximum Gasteiger partial charge on any atom is 0.321 e. The van der Waals surface area contributed by atoms with E-state index in [0.717, 1.165) is 16.5 Å². The topological polar surface area (TPSA) is 65.1 Å². The molecule has 17 heavy (non-hydrogen) atoms. The van der Waals surface area contributed by atoms with Crippen LogP contribution in [0.25, 0.3) is 10.9 Å². The standard InChI is InChI=1S/C12H12N2O2S/c15-12(16)10-6-17-11(14-10)8-2-1-3-9-7(8)4-5-13-9/h1-5,10-11,13-14H,6H2,(H,15,16)/t10-,11-/m0/s1. The number of carbonyl (C=O) groups is 1. The highest BCUT2D eigenvalue weighted by atomic mass is 32.2. The molecule has 1 fully saturated rings. The van der Waals surface area contributed by atoms with Gasteiger partial charge in [0.05, 0.1) is 5.37 Å². The highest BCUT2D eigenvalue weighted by Crippen LogP contribution is 2.36. The number of aromatic nitrogens is 1. The summed E-state index contributed by atoms with van der Waals surface area (Å²) in [4.78, 5) is 14.1. The van der Waals surface area contributed by atoms with Crippen LogP contribution in [0.3, 0.4) is 0 Å². The van der Waals surface area contributed by atoms with Crippen LogP contribution in [-0.4, -0.2) is 27.9 Å². The van der Waals surface area contributed by atoms with Gasteiger partial charge in [-0.1, -0.05) is 12.1 Å². The molecule has 1 aliphatic heterocycles. The van der Waals surface area contributed by atoms with E-state index in [2.05, 4.69) is 10.3 Å². The molecule has 1 aromatic heterocycles. The summed E-state index contributed by atoms with van der Waals surface area (Å²) in [7, 11) is 0. The first-order valence-corrected chi connectivity index (χ1v) is 6.47. The molecule has 5 heteroatoms. The summed E-state index contributed by atoms with van der Waals surface area (Å²) in [5, 5.41) is 13.3. The first-order chi connectivity index (χ1) is 8.25. The number of aromatic amines is 1. The van der Waals surface area contributed by atoms with Crippen molar-refractivity contribution in [1.82, 2.24) is 10.3 Å². The van der Waals surface area contributed by atoms with E-state index in [4.69, 9.17) is 5.11 Å². The average molecular weight is 248 g/mol. The normalized spacial score (nSPS) is 24.2. The molecule has 2 atom stereocenters. The Kier molecular flexibility index (Phi) is 2.57. The molecule has 0 amide bonds. The van der Waals surface area contributed by atoms with Crippen LogP contribution in [0.15, 0.2) is 30.5 Å². The molecule has 0 spiro atoms. The second-order valence-electron chi connectivity index (χ2n) is 4.06. The van der Waals surface area contributed by atoms with Crippen LogP contribution in [0.5, 0.6) is 0 Å². The van der Waals surface area contributed by atoms with E-state index in [0.29, 0.717) is 5.75 Å². The minimum atomic E-state index is -0.777. The van der Waals surface area contributed by atoms with E-state index in [-0.39, 0.29) is 5.37 Å². The fourth-order valence-corrected chi connectivity index (χ4v) is 3.40. The lowest BCUT2D eigenvalue weighted by atomic mass is 10.1. The zero-order valence-corrected chi connectivity index (χ0v) is 9.83. The Morgan fingerprint density at radius 3 is 3.06 bits per heavy atom. The van der Waals surface area contributed by atoms with Gasteiger partial charge < -0.3 is 10.1 Å². The molecule has 4 nitrogen and oxygen atoms in total. The SMILES string of the molecule is O=C(O)[C@@H]1CS[C@@H](c2cccc3[nH]ccc23)N1. The van der Waals surface area contributed by atoms with Gasteiger partial charge in [-0.3, -0.25) is 10.1 Å². The minimum absolute atomic E-state index is 0.0654. The number of benzene rings is 1. The molecule has 2 heterocycles. The van der Waals surface area contributed by atoms with Crippen LogP contribution in [0.4, 0.5) is 0 Å². The number of nitrogens with one attached hydrogen (secondary N) is 2. The van der Waals surface area contributed by atoms with Gasteiger partial charge in [0.25, 0.3) is 0 Å². The number of hydrogen-bond donors (Lipinski definition) is 3. The third kappa shape index (κ3) is 1.81. The predicted octanol–water partition coefficient (Wildman–Crippen LogP) is 1.96. The van der Waals surface area contributed by atoms with Crippen molar-refractivity contribution in [1.29, 1.82) is 0 Å². The molecule has 0 radical (unpaired) electrons. The number of aliphatic carboxylic acids is 1. The molecular formula is C12H12N2O2S. The number of hydrogen-bond acceptors (Lipinski definition) is 3. The number of thioether (sulfide) groups is 1. The van der Waals surface area contributed by atoms with Gasteiger partial charge in [-0.15, -0.1) is 11.8 Å². The van der Waals surface area contributed by atoms with Crippen molar-refractivity contribution in [3.63, 3.8) is 0 Å². The van der Waals surface area contributed by atoms with E-state index >= 15 is 0 Å². The Hall–Kier alpha value is -1.46. The largest absolute Gasteiger partial charge is 0.480 e. The summed E-state index contributed by atoms with van der Waals surface area (Å²) >= 11 is 1.64. The van der Waals surface area contributed by atoms with Crippen molar-refractivity contribution < 1.29 is 9.90 Å².